The van der Waals surface area contributed by atoms with E-state index in [0.717, 1.165) is 45.5 Å². The molecule has 0 saturated heterocycles. The van der Waals surface area contributed by atoms with Crippen molar-refractivity contribution in [3.05, 3.63) is 127 Å². The summed E-state index contributed by atoms with van der Waals surface area (Å²) in [6.07, 6.45) is 0. The fourth-order valence-electron chi connectivity index (χ4n) is 6.49. The van der Waals surface area contributed by atoms with Gasteiger partial charge in [-0.2, -0.15) is 0 Å². The zero-order chi connectivity index (χ0) is 28.4. The Morgan fingerprint density at radius 2 is 1.05 bits per heavy atom. The molecule has 6 aromatic rings. The third kappa shape index (κ3) is 3.88. The van der Waals surface area contributed by atoms with Crippen molar-refractivity contribution in [3.63, 3.8) is 0 Å². The van der Waals surface area contributed by atoms with E-state index in [2.05, 4.69) is 152 Å². The van der Waals surface area contributed by atoms with Crippen LogP contribution in [0.2, 0.25) is 19.6 Å². The molecule has 42 heavy (non-hydrogen) atoms. The molecule has 2 aliphatic heterocycles. The molecular formula is C37H30BNO2Si. The quantitative estimate of drug-likeness (QED) is 0.208. The Balaban J connectivity index is 1.44. The van der Waals surface area contributed by atoms with E-state index in [0.29, 0.717) is 0 Å². The number of benzene rings is 6. The second-order valence-corrected chi connectivity index (χ2v) is 17.2. The van der Waals surface area contributed by atoms with Crippen LogP contribution in [0.4, 0.5) is 17.1 Å². The van der Waals surface area contributed by atoms with Crippen molar-refractivity contribution in [2.24, 2.45) is 0 Å². The van der Waals surface area contributed by atoms with Crippen LogP contribution < -0.4 is 35.9 Å². The van der Waals surface area contributed by atoms with Gasteiger partial charge in [0.1, 0.15) is 23.0 Å². The molecule has 6 aromatic carbocycles. The van der Waals surface area contributed by atoms with Crippen LogP contribution in [0.5, 0.6) is 23.0 Å². The fourth-order valence-corrected chi connectivity index (χ4v) is 7.62. The van der Waals surface area contributed by atoms with Gasteiger partial charge in [0.25, 0.3) is 6.71 Å². The molecule has 0 bridgehead atoms. The molecule has 0 atom stereocenters. The maximum absolute atomic E-state index is 6.96. The molecule has 2 aliphatic rings. The highest BCUT2D eigenvalue weighted by Crippen LogP contribution is 2.43. The lowest BCUT2D eigenvalue weighted by molar-refractivity contribution is 0.465. The monoisotopic (exact) mass is 559 g/mol. The zero-order valence-corrected chi connectivity index (χ0v) is 25.0. The number of para-hydroxylation sites is 3. The Kier molecular flexibility index (Phi) is 5.60. The predicted molar refractivity (Wildman–Crippen MR) is 179 cm³/mol. The maximum Gasteiger partial charge on any atom is 0.261 e. The Hall–Kier alpha value is -4.74. The van der Waals surface area contributed by atoms with E-state index in [1.807, 2.05) is 0 Å². The van der Waals surface area contributed by atoms with Gasteiger partial charge < -0.3 is 14.4 Å². The lowest BCUT2D eigenvalue weighted by Gasteiger charge is -2.36. The van der Waals surface area contributed by atoms with Crippen LogP contribution in [0.15, 0.2) is 127 Å². The van der Waals surface area contributed by atoms with E-state index in [1.165, 1.54) is 26.9 Å². The summed E-state index contributed by atoms with van der Waals surface area (Å²) in [6, 6.07) is 45.2. The standard InChI is InChI=1S/C37H30BNO2Si/c1-42(2,3)27-22-33-37-34(23-27)41-35-24-31(39(25-14-6-4-7-15-25)26-16-8-5-9-17-26)28-18-10-11-19-29(28)36(35)38(37)30-20-12-13-21-32(30)40-33/h4-24H,1-3H3. The second kappa shape index (κ2) is 9.40. The van der Waals surface area contributed by atoms with Crippen LogP contribution in [0, 0.1) is 0 Å². The molecule has 0 fully saturated rings. The maximum atomic E-state index is 6.96. The number of hydrogen-bond acceptors (Lipinski definition) is 3. The molecule has 0 N–H and O–H groups in total. The minimum Gasteiger partial charge on any atom is -0.458 e. The number of hydrogen-bond donors (Lipinski definition) is 0. The van der Waals surface area contributed by atoms with Gasteiger partial charge in [0.05, 0.1) is 13.8 Å². The minimum atomic E-state index is -1.65. The molecule has 2 heterocycles. The van der Waals surface area contributed by atoms with Crippen molar-refractivity contribution in [1.29, 1.82) is 0 Å². The summed E-state index contributed by atoms with van der Waals surface area (Å²) in [5.74, 6) is 3.64. The lowest BCUT2D eigenvalue weighted by Crippen LogP contribution is -2.58. The average Bonchev–Trinajstić information content (AvgIpc) is 3.01. The van der Waals surface area contributed by atoms with Gasteiger partial charge in [-0.1, -0.05) is 104 Å². The molecule has 0 radical (unpaired) electrons. The molecule has 202 valence electrons. The number of rotatable bonds is 4. The van der Waals surface area contributed by atoms with Crippen LogP contribution in [0.25, 0.3) is 10.8 Å². The largest absolute Gasteiger partial charge is 0.458 e. The van der Waals surface area contributed by atoms with Gasteiger partial charge >= 0.3 is 0 Å². The van der Waals surface area contributed by atoms with Gasteiger partial charge in [0.2, 0.25) is 0 Å². The highest BCUT2D eigenvalue weighted by atomic mass is 28.3. The van der Waals surface area contributed by atoms with E-state index in [1.54, 1.807) is 0 Å². The highest BCUT2D eigenvalue weighted by Gasteiger charge is 2.42. The Labute approximate surface area is 248 Å². The van der Waals surface area contributed by atoms with Gasteiger partial charge in [-0.15, -0.1) is 0 Å². The van der Waals surface area contributed by atoms with Crippen molar-refractivity contribution >= 4 is 64.2 Å². The Bertz CT molecular complexity index is 1950. The van der Waals surface area contributed by atoms with E-state index >= 15 is 0 Å². The van der Waals surface area contributed by atoms with Gasteiger partial charge in [-0.05, 0) is 58.8 Å². The number of ether oxygens (including phenoxy) is 2. The molecule has 8 rings (SSSR count). The predicted octanol–water partition coefficient (Wildman–Crippen LogP) is 7.58. The van der Waals surface area contributed by atoms with Crippen molar-refractivity contribution in [1.82, 2.24) is 0 Å². The lowest BCUT2D eigenvalue weighted by atomic mass is 9.34. The summed E-state index contributed by atoms with van der Waals surface area (Å²) < 4.78 is 13.6. The third-order valence-corrected chi connectivity index (χ3v) is 10.5. The molecule has 0 aliphatic carbocycles. The molecule has 3 nitrogen and oxygen atoms in total. The molecule has 0 spiro atoms. The minimum absolute atomic E-state index is 0.0141. The van der Waals surface area contributed by atoms with Crippen molar-refractivity contribution < 1.29 is 9.47 Å². The van der Waals surface area contributed by atoms with E-state index in [4.69, 9.17) is 9.47 Å². The first kappa shape index (κ1) is 25.0. The zero-order valence-electron chi connectivity index (χ0n) is 24.0. The third-order valence-electron chi connectivity index (χ3n) is 8.51. The van der Waals surface area contributed by atoms with Crippen molar-refractivity contribution in [2.45, 2.75) is 19.6 Å². The van der Waals surface area contributed by atoms with Crippen molar-refractivity contribution in [2.75, 3.05) is 4.90 Å². The molecule has 0 amide bonds. The molecule has 5 heteroatoms. The van der Waals surface area contributed by atoms with Gasteiger partial charge in [-0.25, -0.2) is 0 Å². The number of anilines is 3. The first-order chi connectivity index (χ1) is 20.5. The summed E-state index contributed by atoms with van der Waals surface area (Å²) in [6.45, 7) is 7.13. The normalized spacial score (nSPS) is 13.0. The van der Waals surface area contributed by atoms with Gasteiger partial charge in [0.15, 0.2) is 0 Å². The van der Waals surface area contributed by atoms with E-state index < -0.39 is 8.07 Å². The molecular weight excluding hydrogens is 529 g/mol. The van der Waals surface area contributed by atoms with Crippen molar-refractivity contribution in [3.8, 4) is 23.0 Å². The summed E-state index contributed by atoms with van der Waals surface area (Å²) in [7, 11) is -1.65. The van der Waals surface area contributed by atoms with Gasteiger partial charge in [0, 0.05) is 28.3 Å². The van der Waals surface area contributed by atoms with Crippen LogP contribution >= 0.6 is 0 Å². The van der Waals surface area contributed by atoms with E-state index in [9.17, 15) is 0 Å². The van der Waals surface area contributed by atoms with E-state index in [-0.39, 0.29) is 6.71 Å². The van der Waals surface area contributed by atoms with Crippen LogP contribution in [-0.4, -0.2) is 14.8 Å². The Morgan fingerprint density at radius 3 is 1.69 bits per heavy atom. The molecule has 0 unspecified atom stereocenters. The van der Waals surface area contributed by atoms with Crippen LogP contribution in [0.3, 0.4) is 0 Å². The molecule has 0 saturated carbocycles. The fraction of sp³-hybridized carbons (Fsp3) is 0.0811. The number of nitrogens with zero attached hydrogens (tertiary/aromatic N) is 1. The van der Waals surface area contributed by atoms with Gasteiger partial charge in [-0.3, -0.25) is 0 Å². The summed E-state index contributed by atoms with van der Waals surface area (Å²) in [5.41, 5.74) is 6.80. The average molecular weight is 560 g/mol. The first-order valence-electron chi connectivity index (χ1n) is 14.6. The van der Waals surface area contributed by atoms with Crippen LogP contribution in [0.1, 0.15) is 0 Å². The molecule has 0 aromatic heterocycles. The Morgan fingerprint density at radius 1 is 0.524 bits per heavy atom. The summed E-state index contributed by atoms with van der Waals surface area (Å²) in [4.78, 5) is 2.34. The summed E-state index contributed by atoms with van der Waals surface area (Å²) in [5, 5.41) is 3.70. The second-order valence-electron chi connectivity index (χ2n) is 12.2. The SMILES string of the molecule is C[Si](C)(C)c1cc2c3c(c1)Oc1cc(N(c4ccccc4)c4ccccc4)c4ccccc4c1B3c1ccccc1O2. The van der Waals surface area contributed by atoms with Crippen LogP contribution in [-0.2, 0) is 0 Å². The first-order valence-corrected chi connectivity index (χ1v) is 18.1. The topological polar surface area (TPSA) is 21.7 Å². The smallest absolute Gasteiger partial charge is 0.261 e. The highest BCUT2D eigenvalue weighted by molar-refractivity contribution is 7.00. The number of fused-ring (bicyclic) bond motifs is 6. The summed E-state index contributed by atoms with van der Waals surface area (Å²) >= 11 is 0.